The van der Waals surface area contributed by atoms with Gasteiger partial charge in [-0.2, -0.15) is 0 Å². The van der Waals surface area contributed by atoms with E-state index in [0.717, 1.165) is 0 Å². The van der Waals surface area contributed by atoms with Crippen molar-refractivity contribution in [2.24, 2.45) is 0 Å². The van der Waals surface area contributed by atoms with Crippen LogP contribution in [0.5, 0.6) is 0 Å². The zero-order chi connectivity index (χ0) is 12.1. The van der Waals surface area contributed by atoms with E-state index in [1.165, 1.54) is 0 Å². The fourth-order valence-electron chi connectivity index (χ4n) is 1.60. The Labute approximate surface area is 149 Å². The molecule has 0 aliphatic rings. The summed E-state index contributed by atoms with van der Waals surface area (Å²) in [5, 5.41) is 0. The molecule has 3 heteroatoms. The summed E-state index contributed by atoms with van der Waals surface area (Å²) in [6.45, 7) is 0. The molecule has 0 aromatic heterocycles. The summed E-state index contributed by atoms with van der Waals surface area (Å²) in [4.78, 5) is 23.6. The van der Waals surface area contributed by atoms with Crippen LogP contribution < -0.4 is 0 Å². The molecule has 2 rings (SSSR count). The van der Waals surface area contributed by atoms with Crippen LogP contribution in [-0.2, 0) is 0 Å². The second-order valence-corrected chi connectivity index (χ2v) is 3.76. The van der Waals surface area contributed by atoms with Gasteiger partial charge in [-0.05, 0) is 0 Å². The maximum Gasteiger partial charge on any atom is 2.00 e. The Morgan fingerprint density at radius 1 is 0.722 bits per heavy atom. The normalized spacial score (nSPS) is 9.33. The third kappa shape index (κ3) is 4.23. The summed E-state index contributed by atoms with van der Waals surface area (Å²) in [6, 6.07) is 17.7. The second-order valence-electron chi connectivity index (χ2n) is 3.76. The maximum atomic E-state index is 11.8. The molecule has 0 spiro atoms. The molecule has 0 radical (unpaired) electrons. The van der Waals surface area contributed by atoms with Crippen LogP contribution in [0.1, 0.15) is 30.0 Å². The molecule has 0 bridgehead atoms. The monoisotopic (exact) mass is 364 g/mol. The van der Waals surface area contributed by atoms with Crippen LogP contribution in [-0.4, -0.2) is 60.4 Å². The van der Waals surface area contributed by atoms with Gasteiger partial charge in [0, 0.05) is 11.1 Å². The van der Waals surface area contributed by atoms with Gasteiger partial charge in [-0.15, -0.1) is 0 Å². The molecule has 0 heterocycles. The van der Waals surface area contributed by atoms with Crippen molar-refractivity contribution < 1.29 is 12.4 Å². The first-order valence-electron chi connectivity index (χ1n) is 5.44. The average molecular weight is 364 g/mol. The van der Waals surface area contributed by atoms with Gasteiger partial charge in [0.15, 0.2) is 11.6 Å². The number of rotatable bonds is 4. The molecule has 2 aromatic carbocycles. The minimum atomic E-state index is -0.139. The molecular formula is C15H14BaO2. The zero-order valence-corrected chi connectivity index (χ0v) is 14.4. The van der Waals surface area contributed by atoms with E-state index in [1.54, 1.807) is 48.5 Å². The summed E-state index contributed by atoms with van der Waals surface area (Å²) in [6.07, 6.45) is -0.0754. The van der Waals surface area contributed by atoms with Crippen molar-refractivity contribution in [3.63, 3.8) is 0 Å². The molecule has 88 valence electrons. The molecule has 0 N–H and O–H groups in total. The van der Waals surface area contributed by atoms with E-state index >= 15 is 0 Å². The van der Waals surface area contributed by atoms with Crippen molar-refractivity contribution in [1.82, 2.24) is 0 Å². The van der Waals surface area contributed by atoms with Crippen LogP contribution in [0.25, 0.3) is 0 Å². The van der Waals surface area contributed by atoms with E-state index in [0.29, 0.717) is 11.1 Å². The van der Waals surface area contributed by atoms with Gasteiger partial charge in [0.1, 0.15) is 0 Å². The molecule has 2 aromatic rings. The fourth-order valence-corrected chi connectivity index (χ4v) is 1.60. The molecule has 2 nitrogen and oxygen atoms in total. The van der Waals surface area contributed by atoms with Gasteiger partial charge in [-0.1, -0.05) is 60.7 Å². The van der Waals surface area contributed by atoms with Gasteiger partial charge in [0.2, 0.25) is 0 Å². The van der Waals surface area contributed by atoms with Crippen LogP contribution in [0.3, 0.4) is 0 Å². The summed E-state index contributed by atoms with van der Waals surface area (Å²) in [5.41, 5.74) is 1.16. The molecule has 0 fully saturated rings. The van der Waals surface area contributed by atoms with Crippen LogP contribution in [0.4, 0.5) is 0 Å². The Bertz CT molecular complexity index is 481. The van der Waals surface area contributed by atoms with Crippen LogP contribution in [0.2, 0.25) is 0 Å². The number of hydrogen-bond donors (Lipinski definition) is 0. The minimum Gasteiger partial charge on any atom is -1.00 e. The van der Waals surface area contributed by atoms with E-state index in [2.05, 4.69) is 0 Å². The van der Waals surface area contributed by atoms with Crippen molar-refractivity contribution in [3.8, 4) is 0 Å². The Balaban J connectivity index is 0. The van der Waals surface area contributed by atoms with E-state index in [9.17, 15) is 9.59 Å². The number of carbonyl (C=O) groups is 2. The summed E-state index contributed by atoms with van der Waals surface area (Å²) in [5.74, 6) is -0.279. The Morgan fingerprint density at radius 3 is 1.39 bits per heavy atom. The van der Waals surface area contributed by atoms with Gasteiger partial charge in [-0.25, -0.2) is 0 Å². The molecule has 0 saturated heterocycles. The second kappa shape index (κ2) is 7.71. The molecular weight excluding hydrogens is 349 g/mol. The summed E-state index contributed by atoms with van der Waals surface area (Å²) < 4.78 is 0. The first-order valence-corrected chi connectivity index (χ1v) is 5.44. The standard InChI is InChI=1S/C15H12O2.Ba.2H/c16-14(12-7-3-1-4-8-12)11-15(17)13-9-5-2-6-10-13;;;/h1-10H,11H2;;;/q;+2;2*-1. The SMILES string of the molecule is O=C(CC(=O)c1ccccc1)c1ccccc1.[Ba+2].[H-].[H-]. The molecule has 0 aliphatic heterocycles. The molecule has 0 aliphatic carbocycles. The number of carbonyl (C=O) groups excluding carboxylic acids is 2. The molecule has 0 unspecified atom stereocenters. The largest absolute Gasteiger partial charge is 2.00 e. The maximum absolute atomic E-state index is 11.8. The Kier molecular flexibility index (Phi) is 6.60. The summed E-state index contributed by atoms with van der Waals surface area (Å²) in [7, 11) is 0. The van der Waals surface area contributed by atoms with Gasteiger partial charge in [0.25, 0.3) is 0 Å². The third-order valence-corrected chi connectivity index (χ3v) is 2.51. The van der Waals surface area contributed by atoms with E-state index in [4.69, 9.17) is 0 Å². The number of Topliss-reactive ketones (excluding diaryl/α,β-unsaturated/α-hetero) is 2. The van der Waals surface area contributed by atoms with E-state index in [1.807, 2.05) is 12.1 Å². The molecule has 18 heavy (non-hydrogen) atoms. The number of ketones is 2. The van der Waals surface area contributed by atoms with E-state index < -0.39 is 0 Å². The van der Waals surface area contributed by atoms with Crippen LogP contribution >= 0.6 is 0 Å². The predicted molar refractivity (Wildman–Crippen MR) is 74.1 cm³/mol. The van der Waals surface area contributed by atoms with Gasteiger partial charge < -0.3 is 2.85 Å². The van der Waals surface area contributed by atoms with E-state index in [-0.39, 0.29) is 69.7 Å². The predicted octanol–water partition coefficient (Wildman–Crippen LogP) is 2.99. The van der Waals surface area contributed by atoms with Gasteiger partial charge >= 0.3 is 48.9 Å². The number of hydrogen-bond acceptors (Lipinski definition) is 2. The van der Waals surface area contributed by atoms with Crippen molar-refractivity contribution in [1.29, 1.82) is 0 Å². The van der Waals surface area contributed by atoms with Gasteiger partial charge in [-0.3, -0.25) is 9.59 Å². The smallest absolute Gasteiger partial charge is 1.00 e. The summed E-state index contributed by atoms with van der Waals surface area (Å²) >= 11 is 0. The van der Waals surface area contributed by atoms with Crippen molar-refractivity contribution >= 4 is 60.4 Å². The first kappa shape index (κ1) is 15.4. The van der Waals surface area contributed by atoms with Crippen LogP contribution in [0.15, 0.2) is 60.7 Å². The van der Waals surface area contributed by atoms with Gasteiger partial charge in [0.05, 0.1) is 6.42 Å². The quantitative estimate of drug-likeness (QED) is 0.475. The number of benzene rings is 2. The third-order valence-electron chi connectivity index (χ3n) is 2.51. The zero-order valence-electron chi connectivity index (χ0n) is 12.0. The average Bonchev–Trinajstić information content (AvgIpc) is 2.40. The first-order chi connectivity index (χ1) is 8.27. The van der Waals surface area contributed by atoms with Crippen molar-refractivity contribution in [2.75, 3.05) is 0 Å². The molecule has 0 saturated carbocycles. The van der Waals surface area contributed by atoms with Crippen molar-refractivity contribution in [2.45, 2.75) is 6.42 Å². The Morgan fingerprint density at radius 2 is 1.06 bits per heavy atom. The fraction of sp³-hybridized carbons (Fsp3) is 0.0667. The van der Waals surface area contributed by atoms with Crippen molar-refractivity contribution in [3.05, 3.63) is 71.8 Å². The Hall–Kier alpha value is -0.649. The van der Waals surface area contributed by atoms with Crippen LogP contribution in [0, 0.1) is 0 Å². The molecule has 0 atom stereocenters. The minimum absolute atomic E-state index is 0. The molecule has 0 amide bonds. The topological polar surface area (TPSA) is 34.1 Å².